The molecule has 4 nitrogen and oxygen atoms in total. The highest BCUT2D eigenvalue weighted by Crippen LogP contribution is 2.18. The van der Waals surface area contributed by atoms with Crippen LogP contribution in [-0.2, 0) is 13.5 Å². The van der Waals surface area contributed by atoms with Crippen molar-refractivity contribution in [3.05, 3.63) is 30.0 Å². The number of fused-ring (bicyclic) bond motifs is 1. The molecule has 0 spiro atoms. The Hall–Kier alpha value is -1.39. The maximum atomic E-state index is 4.70. The second kappa shape index (κ2) is 6.86. The molecule has 1 aromatic heterocycles. The van der Waals surface area contributed by atoms with Gasteiger partial charge in [-0.05, 0) is 33.1 Å². The summed E-state index contributed by atoms with van der Waals surface area (Å²) in [5.74, 6) is 0. The van der Waals surface area contributed by atoms with Crippen molar-refractivity contribution in [1.29, 1.82) is 0 Å². The standard InChI is InChI=1S/C16H26N4/c1-5-10-17-13(12-19(2)3)11-15-14-8-6-7-9-16(14)20(4)18-15/h6-9,13,17H,5,10-12H2,1-4H3. The van der Waals surface area contributed by atoms with E-state index in [0.717, 1.165) is 25.9 Å². The van der Waals surface area contributed by atoms with Gasteiger partial charge in [0.2, 0.25) is 0 Å². The molecule has 0 bridgehead atoms. The quantitative estimate of drug-likeness (QED) is 0.839. The zero-order valence-corrected chi connectivity index (χ0v) is 13.1. The number of likely N-dealkylation sites (N-methyl/N-ethyl adjacent to an activating group) is 1. The largest absolute Gasteiger partial charge is 0.312 e. The number of aromatic nitrogens is 2. The average Bonchev–Trinajstić information content (AvgIpc) is 2.73. The molecule has 110 valence electrons. The number of rotatable bonds is 7. The summed E-state index contributed by atoms with van der Waals surface area (Å²) in [5, 5.41) is 9.61. The molecule has 2 rings (SSSR count). The minimum atomic E-state index is 0.447. The first-order chi connectivity index (χ1) is 9.61. The second-order valence-electron chi connectivity index (χ2n) is 5.70. The van der Waals surface area contributed by atoms with Gasteiger partial charge in [-0.25, -0.2) is 0 Å². The lowest BCUT2D eigenvalue weighted by molar-refractivity contribution is 0.334. The molecule has 0 saturated heterocycles. The predicted molar refractivity (Wildman–Crippen MR) is 85.1 cm³/mol. The van der Waals surface area contributed by atoms with Crippen LogP contribution in [-0.4, -0.2) is 47.9 Å². The number of nitrogens with zero attached hydrogens (tertiary/aromatic N) is 3. The maximum Gasteiger partial charge on any atom is 0.0719 e. The van der Waals surface area contributed by atoms with E-state index in [2.05, 4.69) is 55.5 Å². The summed E-state index contributed by atoms with van der Waals surface area (Å²) >= 11 is 0. The molecule has 1 heterocycles. The van der Waals surface area contributed by atoms with Crippen LogP contribution in [0.25, 0.3) is 10.9 Å². The van der Waals surface area contributed by atoms with Crippen molar-refractivity contribution in [1.82, 2.24) is 20.0 Å². The Morgan fingerprint density at radius 1 is 1.30 bits per heavy atom. The van der Waals surface area contributed by atoms with Gasteiger partial charge < -0.3 is 10.2 Å². The first-order valence-electron chi connectivity index (χ1n) is 7.40. The fraction of sp³-hybridized carbons (Fsp3) is 0.562. The number of hydrogen-bond acceptors (Lipinski definition) is 3. The summed E-state index contributed by atoms with van der Waals surface area (Å²) in [5.41, 5.74) is 2.40. The van der Waals surface area contributed by atoms with Crippen LogP contribution in [0.1, 0.15) is 19.0 Å². The smallest absolute Gasteiger partial charge is 0.0719 e. The molecule has 1 N–H and O–H groups in total. The van der Waals surface area contributed by atoms with Crippen LogP contribution in [0.5, 0.6) is 0 Å². The average molecular weight is 274 g/mol. The Balaban J connectivity index is 2.19. The van der Waals surface area contributed by atoms with Crippen molar-refractivity contribution in [3.63, 3.8) is 0 Å². The molecular formula is C16H26N4. The van der Waals surface area contributed by atoms with E-state index in [1.165, 1.54) is 16.6 Å². The lowest BCUT2D eigenvalue weighted by Gasteiger charge is -2.21. The minimum Gasteiger partial charge on any atom is -0.312 e. The van der Waals surface area contributed by atoms with Gasteiger partial charge in [-0.1, -0.05) is 25.1 Å². The third kappa shape index (κ3) is 3.58. The van der Waals surface area contributed by atoms with E-state index in [9.17, 15) is 0 Å². The van der Waals surface area contributed by atoms with E-state index in [4.69, 9.17) is 5.10 Å². The highest BCUT2D eigenvalue weighted by atomic mass is 15.3. The number of nitrogens with one attached hydrogen (secondary N) is 1. The van der Waals surface area contributed by atoms with Gasteiger partial charge >= 0.3 is 0 Å². The molecule has 1 aromatic carbocycles. The van der Waals surface area contributed by atoms with Crippen molar-refractivity contribution < 1.29 is 0 Å². The first kappa shape index (κ1) is 15.0. The molecule has 0 aliphatic rings. The van der Waals surface area contributed by atoms with Crippen LogP contribution >= 0.6 is 0 Å². The Morgan fingerprint density at radius 2 is 2.05 bits per heavy atom. The number of hydrogen-bond donors (Lipinski definition) is 1. The highest BCUT2D eigenvalue weighted by molar-refractivity contribution is 5.81. The van der Waals surface area contributed by atoms with E-state index in [-0.39, 0.29) is 0 Å². The summed E-state index contributed by atoms with van der Waals surface area (Å²) in [4.78, 5) is 2.23. The van der Waals surface area contributed by atoms with Gasteiger partial charge in [-0.15, -0.1) is 0 Å². The molecule has 20 heavy (non-hydrogen) atoms. The van der Waals surface area contributed by atoms with Gasteiger partial charge in [0.15, 0.2) is 0 Å². The van der Waals surface area contributed by atoms with Crippen molar-refractivity contribution in [2.45, 2.75) is 25.8 Å². The van der Waals surface area contributed by atoms with Gasteiger partial charge in [-0.2, -0.15) is 5.10 Å². The summed E-state index contributed by atoms with van der Waals surface area (Å²) in [6, 6.07) is 8.91. The van der Waals surface area contributed by atoms with Crippen molar-refractivity contribution in [3.8, 4) is 0 Å². The maximum absolute atomic E-state index is 4.70. The van der Waals surface area contributed by atoms with E-state index in [0.29, 0.717) is 6.04 Å². The lowest BCUT2D eigenvalue weighted by atomic mass is 10.1. The number of benzene rings is 1. The van der Waals surface area contributed by atoms with Gasteiger partial charge in [-0.3, -0.25) is 4.68 Å². The van der Waals surface area contributed by atoms with Crippen molar-refractivity contribution in [2.75, 3.05) is 27.2 Å². The fourth-order valence-corrected chi connectivity index (χ4v) is 2.66. The van der Waals surface area contributed by atoms with Crippen LogP contribution in [0, 0.1) is 0 Å². The molecule has 0 fully saturated rings. The lowest BCUT2D eigenvalue weighted by Crippen LogP contribution is -2.40. The molecular weight excluding hydrogens is 248 g/mol. The predicted octanol–water partition coefficient (Wildman–Crippen LogP) is 2.05. The van der Waals surface area contributed by atoms with Gasteiger partial charge in [0.25, 0.3) is 0 Å². The molecule has 0 saturated carbocycles. The van der Waals surface area contributed by atoms with Crippen molar-refractivity contribution in [2.24, 2.45) is 7.05 Å². The van der Waals surface area contributed by atoms with Gasteiger partial charge in [0.05, 0.1) is 11.2 Å². The third-order valence-corrected chi connectivity index (χ3v) is 3.54. The fourth-order valence-electron chi connectivity index (χ4n) is 2.66. The number of aryl methyl sites for hydroxylation is 1. The van der Waals surface area contributed by atoms with Crippen LogP contribution in [0.4, 0.5) is 0 Å². The SMILES string of the molecule is CCCNC(Cc1nn(C)c2ccccc12)CN(C)C. The Morgan fingerprint density at radius 3 is 2.75 bits per heavy atom. The van der Waals surface area contributed by atoms with Crippen LogP contribution in [0.2, 0.25) is 0 Å². The molecule has 0 amide bonds. The molecule has 4 heteroatoms. The van der Waals surface area contributed by atoms with E-state index in [1.54, 1.807) is 0 Å². The minimum absolute atomic E-state index is 0.447. The molecule has 2 aromatic rings. The summed E-state index contributed by atoms with van der Waals surface area (Å²) < 4.78 is 1.98. The van der Waals surface area contributed by atoms with Crippen molar-refractivity contribution >= 4 is 10.9 Å². The highest BCUT2D eigenvalue weighted by Gasteiger charge is 2.15. The Kier molecular flexibility index (Phi) is 5.15. The van der Waals surface area contributed by atoms with Crippen LogP contribution in [0.15, 0.2) is 24.3 Å². The summed E-state index contributed by atoms with van der Waals surface area (Å²) in [6.07, 6.45) is 2.13. The monoisotopic (exact) mass is 274 g/mol. The summed E-state index contributed by atoms with van der Waals surface area (Å²) in [6.45, 7) is 4.30. The zero-order chi connectivity index (χ0) is 14.5. The van der Waals surface area contributed by atoms with Gasteiger partial charge in [0, 0.05) is 31.4 Å². The summed E-state index contributed by atoms with van der Waals surface area (Å²) in [7, 11) is 6.26. The Labute approximate surface area is 121 Å². The van der Waals surface area contributed by atoms with E-state index in [1.807, 2.05) is 11.7 Å². The van der Waals surface area contributed by atoms with E-state index < -0.39 is 0 Å². The first-order valence-corrected chi connectivity index (χ1v) is 7.40. The molecule has 0 aliphatic heterocycles. The Bertz CT molecular complexity index is 544. The van der Waals surface area contributed by atoms with Crippen LogP contribution < -0.4 is 5.32 Å². The van der Waals surface area contributed by atoms with E-state index >= 15 is 0 Å². The molecule has 1 atom stereocenters. The molecule has 1 unspecified atom stereocenters. The normalized spacial score (nSPS) is 13.2. The van der Waals surface area contributed by atoms with Crippen LogP contribution in [0.3, 0.4) is 0 Å². The topological polar surface area (TPSA) is 33.1 Å². The number of para-hydroxylation sites is 1. The zero-order valence-electron chi connectivity index (χ0n) is 13.1. The van der Waals surface area contributed by atoms with Gasteiger partial charge in [0.1, 0.15) is 0 Å². The molecule has 0 radical (unpaired) electrons. The molecule has 0 aliphatic carbocycles. The second-order valence-corrected chi connectivity index (χ2v) is 5.70. The third-order valence-electron chi connectivity index (χ3n) is 3.54.